The number of nitrogens with one attached hydrogen (secondary N) is 3. The third-order valence-electron chi connectivity index (χ3n) is 4.08. The van der Waals surface area contributed by atoms with E-state index in [4.69, 9.17) is 23.2 Å². The number of rotatable bonds is 6. The molecule has 0 radical (unpaired) electrons. The first kappa shape index (κ1) is 21.0. The minimum Gasteiger partial charge on any atom is -0.340 e. The summed E-state index contributed by atoms with van der Waals surface area (Å²) >= 11 is 13.1. The van der Waals surface area contributed by atoms with Crippen LogP contribution in [0.3, 0.4) is 0 Å². The van der Waals surface area contributed by atoms with Crippen LogP contribution in [0.1, 0.15) is 16.2 Å². The molecule has 3 heterocycles. The molecule has 0 aliphatic carbocycles. The summed E-state index contributed by atoms with van der Waals surface area (Å²) in [5.41, 5.74) is 1.78. The molecule has 3 N–H and O–H groups in total. The molecule has 3 aromatic heterocycles. The van der Waals surface area contributed by atoms with E-state index in [2.05, 4.69) is 30.9 Å². The number of aryl methyl sites for hydroxylation is 1. The van der Waals surface area contributed by atoms with Crippen molar-refractivity contribution in [3.8, 4) is 0 Å². The lowest BCUT2D eigenvalue weighted by atomic mass is 10.2. The van der Waals surface area contributed by atoms with Crippen molar-refractivity contribution in [1.82, 2.24) is 15.0 Å². The van der Waals surface area contributed by atoms with Crippen molar-refractivity contribution >= 4 is 69.3 Å². The first-order chi connectivity index (χ1) is 15.0. The fourth-order valence-corrected chi connectivity index (χ4v) is 4.20. The van der Waals surface area contributed by atoms with Gasteiger partial charge in [-0.2, -0.15) is 0 Å². The van der Waals surface area contributed by atoms with E-state index in [1.54, 1.807) is 30.5 Å². The van der Waals surface area contributed by atoms with E-state index in [0.29, 0.717) is 43.2 Å². The summed E-state index contributed by atoms with van der Waals surface area (Å²) in [5, 5.41) is 9.19. The van der Waals surface area contributed by atoms with Gasteiger partial charge in [0, 0.05) is 23.6 Å². The Labute approximate surface area is 192 Å². The summed E-state index contributed by atoms with van der Waals surface area (Å²) in [4.78, 5) is 25.4. The van der Waals surface area contributed by atoms with Crippen LogP contribution in [0.4, 0.5) is 28.8 Å². The van der Waals surface area contributed by atoms with Crippen LogP contribution in [-0.2, 0) is 0 Å². The van der Waals surface area contributed by atoms with Gasteiger partial charge in [0.05, 0.1) is 9.90 Å². The van der Waals surface area contributed by atoms with Crippen LogP contribution in [0.25, 0.3) is 0 Å². The highest BCUT2D eigenvalue weighted by atomic mass is 35.5. The zero-order chi connectivity index (χ0) is 21.8. The van der Waals surface area contributed by atoms with Gasteiger partial charge in [0.15, 0.2) is 0 Å². The molecule has 0 aliphatic rings. The van der Waals surface area contributed by atoms with Gasteiger partial charge in [0.25, 0.3) is 5.91 Å². The van der Waals surface area contributed by atoms with E-state index in [1.165, 1.54) is 0 Å². The summed E-state index contributed by atoms with van der Waals surface area (Å²) in [5.74, 6) is 2.24. The van der Waals surface area contributed by atoms with Crippen molar-refractivity contribution in [2.24, 2.45) is 0 Å². The molecule has 4 rings (SSSR count). The number of hydrogen-bond donors (Lipinski definition) is 3. The number of anilines is 5. The largest absolute Gasteiger partial charge is 0.340 e. The smallest absolute Gasteiger partial charge is 0.258 e. The van der Waals surface area contributed by atoms with Crippen molar-refractivity contribution in [1.29, 1.82) is 0 Å². The van der Waals surface area contributed by atoms with Crippen molar-refractivity contribution in [3.63, 3.8) is 0 Å². The van der Waals surface area contributed by atoms with Crippen LogP contribution >= 0.6 is 34.5 Å². The third-order valence-corrected chi connectivity index (χ3v) is 5.56. The average molecular weight is 471 g/mol. The number of carbonyl (C=O) groups excluding carboxylic acids is 1. The van der Waals surface area contributed by atoms with Crippen LogP contribution in [-0.4, -0.2) is 20.9 Å². The van der Waals surface area contributed by atoms with Gasteiger partial charge in [-0.25, -0.2) is 15.0 Å². The molecule has 0 unspecified atom stereocenters. The maximum atomic E-state index is 12.4. The third kappa shape index (κ3) is 5.49. The first-order valence-corrected chi connectivity index (χ1v) is 10.7. The Hall–Kier alpha value is -3.20. The summed E-state index contributed by atoms with van der Waals surface area (Å²) in [6.45, 7) is 1.81. The normalized spacial score (nSPS) is 10.5. The van der Waals surface area contributed by atoms with Crippen LogP contribution in [0.15, 0.2) is 60.8 Å². The fraction of sp³-hybridized carbons (Fsp3) is 0.0476. The minimum atomic E-state index is -0.314. The molecule has 0 saturated heterocycles. The van der Waals surface area contributed by atoms with Crippen LogP contribution in [0, 0.1) is 6.92 Å². The number of benzene rings is 1. The van der Waals surface area contributed by atoms with E-state index >= 15 is 0 Å². The second kappa shape index (κ2) is 9.30. The van der Waals surface area contributed by atoms with Crippen molar-refractivity contribution in [3.05, 3.63) is 80.9 Å². The quantitative estimate of drug-likeness (QED) is 0.306. The highest BCUT2D eigenvalue weighted by Crippen LogP contribution is 2.31. The monoisotopic (exact) mass is 470 g/mol. The van der Waals surface area contributed by atoms with Gasteiger partial charge in [-0.1, -0.05) is 29.3 Å². The second-order valence-corrected chi connectivity index (χ2v) is 8.71. The molecular formula is C21H16Cl2N6OS. The predicted molar refractivity (Wildman–Crippen MR) is 126 cm³/mol. The molecule has 156 valence electrons. The van der Waals surface area contributed by atoms with Gasteiger partial charge in [-0.05, 0) is 49.4 Å². The molecule has 0 spiro atoms. The topological polar surface area (TPSA) is 91.8 Å². The second-order valence-electron chi connectivity index (χ2n) is 6.42. The van der Waals surface area contributed by atoms with E-state index in [9.17, 15) is 4.79 Å². The number of hydrogen-bond acceptors (Lipinski definition) is 7. The van der Waals surface area contributed by atoms with Gasteiger partial charge in [-0.3, -0.25) is 4.79 Å². The first-order valence-electron chi connectivity index (χ1n) is 9.13. The van der Waals surface area contributed by atoms with E-state index < -0.39 is 0 Å². The average Bonchev–Trinajstić information content (AvgIpc) is 3.08. The molecule has 0 fully saturated rings. The maximum Gasteiger partial charge on any atom is 0.258 e. The molecular weight excluding hydrogens is 455 g/mol. The number of amides is 1. The summed E-state index contributed by atoms with van der Waals surface area (Å²) < 4.78 is 0.821. The predicted octanol–water partition coefficient (Wildman–Crippen LogP) is 6.29. The number of nitrogens with zero attached hydrogens (tertiary/aromatic N) is 3. The number of carbonyl (C=O) groups is 1. The van der Waals surface area contributed by atoms with Crippen molar-refractivity contribution in [2.45, 2.75) is 6.92 Å². The van der Waals surface area contributed by atoms with Gasteiger partial charge in [0.2, 0.25) is 0 Å². The SMILES string of the molecule is Cc1nc(Nc2ccc(NC(=O)c3cc(Cl)sc3Cl)cc2)cc(Nc2ccccn2)n1. The Morgan fingerprint density at radius 3 is 2.26 bits per heavy atom. The Morgan fingerprint density at radius 1 is 0.903 bits per heavy atom. The standard InChI is InChI=1S/C21H16Cl2N6OS/c1-12-25-18(11-19(26-12)29-17-4-2-3-9-24-17)27-13-5-7-14(8-6-13)28-21(30)15-10-16(22)31-20(15)23/h2-11H,1H3,(H,28,30)(H2,24,25,26,27,29). The molecule has 0 atom stereocenters. The lowest BCUT2D eigenvalue weighted by Crippen LogP contribution is -2.11. The molecule has 1 amide bonds. The summed E-state index contributed by atoms with van der Waals surface area (Å²) in [6.07, 6.45) is 1.71. The lowest BCUT2D eigenvalue weighted by Gasteiger charge is -2.11. The van der Waals surface area contributed by atoms with Crippen molar-refractivity contribution < 1.29 is 4.79 Å². The Balaban J connectivity index is 1.44. The highest BCUT2D eigenvalue weighted by molar-refractivity contribution is 7.20. The lowest BCUT2D eigenvalue weighted by molar-refractivity contribution is 0.102. The van der Waals surface area contributed by atoms with Gasteiger partial charge in [0.1, 0.15) is 27.6 Å². The van der Waals surface area contributed by atoms with Crippen LogP contribution in [0.2, 0.25) is 8.67 Å². The molecule has 0 aliphatic heterocycles. The zero-order valence-electron chi connectivity index (χ0n) is 16.2. The van der Waals surface area contributed by atoms with Gasteiger partial charge >= 0.3 is 0 Å². The van der Waals surface area contributed by atoms with E-state index in [-0.39, 0.29) is 5.91 Å². The number of pyridine rings is 1. The Kier molecular flexibility index (Phi) is 6.31. The number of halogens is 2. The molecule has 0 saturated carbocycles. The van der Waals surface area contributed by atoms with Gasteiger partial charge in [-0.15, -0.1) is 11.3 Å². The number of thiophene rings is 1. The molecule has 1 aromatic carbocycles. The molecule has 7 nitrogen and oxygen atoms in total. The fourth-order valence-electron chi connectivity index (χ4n) is 2.74. The number of aromatic nitrogens is 3. The molecule has 10 heteroatoms. The molecule has 0 bridgehead atoms. The van der Waals surface area contributed by atoms with E-state index in [1.807, 2.05) is 37.3 Å². The summed E-state index contributed by atoms with van der Waals surface area (Å²) in [6, 6.07) is 16.2. The van der Waals surface area contributed by atoms with Crippen LogP contribution in [0.5, 0.6) is 0 Å². The molecule has 4 aromatic rings. The zero-order valence-corrected chi connectivity index (χ0v) is 18.5. The van der Waals surface area contributed by atoms with Crippen molar-refractivity contribution in [2.75, 3.05) is 16.0 Å². The van der Waals surface area contributed by atoms with Crippen LogP contribution < -0.4 is 16.0 Å². The van der Waals surface area contributed by atoms with E-state index in [0.717, 1.165) is 17.0 Å². The minimum absolute atomic E-state index is 0.314. The highest BCUT2D eigenvalue weighted by Gasteiger charge is 2.14. The summed E-state index contributed by atoms with van der Waals surface area (Å²) in [7, 11) is 0. The van der Waals surface area contributed by atoms with Gasteiger partial charge < -0.3 is 16.0 Å². The molecule has 31 heavy (non-hydrogen) atoms. The Bertz CT molecular complexity index is 1210. The Morgan fingerprint density at radius 2 is 1.61 bits per heavy atom. The maximum absolute atomic E-state index is 12.4.